The van der Waals surface area contributed by atoms with Crippen LogP contribution in [-0.4, -0.2) is 52.2 Å². The van der Waals surface area contributed by atoms with Gasteiger partial charge in [-0.15, -0.1) is 0 Å². The number of aliphatic hydroxyl groups excluding tert-OH is 2. The maximum Gasteiger partial charge on any atom is 0.351 e. The van der Waals surface area contributed by atoms with Gasteiger partial charge in [0.15, 0.2) is 17.3 Å². The van der Waals surface area contributed by atoms with Gasteiger partial charge in [-0.3, -0.25) is 4.57 Å². The molecule has 0 amide bonds. The molecular weight excluding hydrogens is 438 g/mol. The van der Waals surface area contributed by atoms with Gasteiger partial charge in [-0.05, 0) is 18.6 Å². The predicted octanol–water partition coefficient (Wildman–Crippen LogP) is 3.89. The van der Waals surface area contributed by atoms with Gasteiger partial charge in [0.25, 0.3) is 0 Å². The zero-order valence-corrected chi connectivity index (χ0v) is 20.0. The van der Waals surface area contributed by atoms with E-state index in [1.165, 1.54) is 43.1 Å². The van der Waals surface area contributed by atoms with Crippen molar-refractivity contribution in [2.75, 3.05) is 25.2 Å². The predicted molar refractivity (Wildman–Crippen MR) is 128 cm³/mol. The van der Waals surface area contributed by atoms with Crippen molar-refractivity contribution < 1.29 is 24.4 Å². The number of hydrogen-bond acceptors (Lipinski definition) is 8. The van der Waals surface area contributed by atoms with Crippen molar-refractivity contribution >= 4 is 11.5 Å². The Morgan fingerprint density at radius 2 is 1.91 bits per heavy atom. The van der Waals surface area contributed by atoms with E-state index in [-0.39, 0.29) is 13.0 Å². The van der Waals surface area contributed by atoms with Gasteiger partial charge in [-0.1, -0.05) is 45.4 Å². The number of benzene rings is 1. The molecule has 34 heavy (non-hydrogen) atoms. The fraction of sp³-hybridized carbons (Fsp3) is 0.600. The van der Waals surface area contributed by atoms with Crippen LogP contribution in [0.5, 0.6) is 17.2 Å². The van der Waals surface area contributed by atoms with Crippen LogP contribution in [0.4, 0.5) is 11.5 Å². The minimum atomic E-state index is -0.846. The highest BCUT2D eigenvalue weighted by atomic mass is 16.5. The van der Waals surface area contributed by atoms with E-state index in [0.717, 1.165) is 17.9 Å². The van der Waals surface area contributed by atoms with Crippen molar-refractivity contribution in [3.63, 3.8) is 0 Å². The van der Waals surface area contributed by atoms with Crippen molar-refractivity contribution in [3.8, 4) is 17.2 Å². The average molecular weight is 474 g/mol. The molecule has 9 nitrogen and oxygen atoms in total. The summed E-state index contributed by atoms with van der Waals surface area (Å²) in [4.78, 5) is 18.7. The molecule has 1 saturated heterocycles. The summed E-state index contributed by atoms with van der Waals surface area (Å²) in [6.45, 7) is 2.57. The van der Waals surface area contributed by atoms with Crippen LogP contribution in [0, 0.1) is 0 Å². The van der Waals surface area contributed by atoms with Crippen LogP contribution in [0.15, 0.2) is 29.2 Å². The van der Waals surface area contributed by atoms with Crippen LogP contribution in [0.1, 0.15) is 64.5 Å². The molecule has 0 bridgehead atoms. The molecule has 2 aliphatic heterocycles. The van der Waals surface area contributed by atoms with E-state index in [9.17, 15) is 15.0 Å². The molecule has 2 aromatic rings. The Labute approximate surface area is 199 Å². The fourth-order valence-electron chi connectivity index (χ4n) is 4.43. The Kier molecular flexibility index (Phi) is 8.07. The maximum atomic E-state index is 12.7. The summed E-state index contributed by atoms with van der Waals surface area (Å²) < 4.78 is 18.9. The minimum absolute atomic E-state index is 0.192. The minimum Gasteiger partial charge on any atom is -0.494 e. The summed E-state index contributed by atoms with van der Waals surface area (Å²) in [6.07, 6.45) is 8.07. The van der Waals surface area contributed by atoms with Gasteiger partial charge < -0.3 is 29.3 Å². The number of ether oxygens (including phenoxy) is 3. The molecule has 0 radical (unpaired) electrons. The van der Waals surface area contributed by atoms with Crippen LogP contribution in [-0.2, 0) is 4.74 Å². The summed E-state index contributed by atoms with van der Waals surface area (Å²) in [5, 5.41) is 19.3. The number of nitrogens with zero attached hydrogens (tertiary/aromatic N) is 3. The summed E-state index contributed by atoms with van der Waals surface area (Å²) >= 11 is 0. The molecule has 0 spiro atoms. The molecule has 186 valence electrons. The van der Waals surface area contributed by atoms with Gasteiger partial charge in [0, 0.05) is 19.5 Å². The number of unbranched alkanes of at least 4 members (excludes halogenated alkanes) is 6. The van der Waals surface area contributed by atoms with Gasteiger partial charge in [0.1, 0.15) is 18.1 Å². The third-order valence-electron chi connectivity index (χ3n) is 6.44. The summed E-state index contributed by atoms with van der Waals surface area (Å²) in [5.41, 5.74) is 0.252. The number of hydrogen-bond donors (Lipinski definition) is 2. The topological polar surface area (TPSA) is 106 Å². The van der Waals surface area contributed by atoms with E-state index < -0.39 is 24.1 Å². The molecular formula is C25H35N3O6. The molecule has 4 rings (SSSR count). The standard InChI is InChI=1S/C25H35N3O6/c1-3-4-5-6-7-8-9-12-32-17-10-11-20-18(13-17)27(2)24-21(33-20)15-28(25(31)26-24)23-14-19(30)22(16-29)34-23/h10-11,13,15,19,22-23,29-30H,3-9,12,14,16H2,1-2H3/t19-,22+,23+/m0/s1. The number of aliphatic hydroxyl groups is 2. The van der Waals surface area contributed by atoms with E-state index in [0.29, 0.717) is 23.9 Å². The zero-order valence-electron chi connectivity index (χ0n) is 20.0. The quantitative estimate of drug-likeness (QED) is 0.474. The molecule has 2 aliphatic rings. The van der Waals surface area contributed by atoms with Gasteiger partial charge in [-0.2, -0.15) is 4.98 Å². The number of aromatic nitrogens is 2. The lowest BCUT2D eigenvalue weighted by Crippen LogP contribution is -2.30. The molecule has 0 aliphatic carbocycles. The van der Waals surface area contributed by atoms with Crippen LogP contribution in [0.3, 0.4) is 0 Å². The number of rotatable bonds is 11. The first-order valence-electron chi connectivity index (χ1n) is 12.3. The van der Waals surface area contributed by atoms with E-state index in [2.05, 4.69) is 11.9 Å². The monoisotopic (exact) mass is 473 g/mol. The van der Waals surface area contributed by atoms with Crippen molar-refractivity contribution in [2.24, 2.45) is 0 Å². The number of anilines is 2. The highest BCUT2D eigenvalue weighted by molar-refractivity contribution is 5.75. The Morgan fingerprint density at radius 1 is 1.15 bits per heavy atom. The van der Waals surface area contributed by atoms with E-state index in [1.807, 2.05) is 25.2 Å². The van der Waals surface area contributed by atoms with Gasteiger partial charge in [0.2, 0.25) is 0 Å². The Morgan fingerprint density at radius 3 is 2.65 bits per heavy atom. The molecule has 1 fully saturated rings. The third kappa shape index (κ3) is 5.37. The van der Waals surface area contributed by atoms with Crippen LogP contribution in [0.2, 0.25) is 0 Å². The zero-order chi connectivity index (χ0) is 24.1. The first-order valence-corrected chi connectivity index (χ1v) is 12.3. The molecule has 2 N–H and O–H groups in total. The molecule has 3 atom stereocenters. The normalized spacial score (nSPS) is 21.2. The molecule has 1 aromatic carbocycles. The Hall–Kier alpha value is -2.62. The van der Waals surface area contributed by atoms with E-state index in [4.69, 9.17) is 14.2 Å². The fourth-order valence-corrected chi connectivity index (χ4v) is 4.43. The highest BCUT2D eigenvalue weighted by Crippen LogP contribution is 2.45. The molecule has 1 aromatic heterocycles. The van der Waals surface area contributed by atoms with Crippen molar-refractivity contribution in [1.29, 1.82) is 0 Å². The highest BCUT2D eigenvalue weighted by Gasteiger charge is 2.36. The van der Waals surface area contributed by atoms with Crippen molar-refractivity contribution in [3.05, 3.63) is 34.9 Å². The lowest BCUT2D eigenvalue weighted by Gasteiger charge is -2.29. The van der Waals surface area contributed by atoms with E-state index >= 15 is 0 Å². The second-order valence-electron chi connectivity index (χ2n) is 8.99. The first-order chi connectivity index (χ1) is 16.5. The van der Waals surface area contributed by atoms with Crippen LogP contribution < -0.4 is 20.1 Å². The average Bonchev–Trinajstić information content (AvgIpc) is 3.21. The van der Waals surface area contributed by atoms with Crippen molar-refractivity contribution in [2.45, 2.75) is 76.7 Å². The van der Waals surface area contributed by atoms with Gasteiger partial charge in [0.05, 0.1) is 31.2 Å². The second kappa shape index (κ2) is 11.2. The first kappa shape index (κ1) is 24.5. The maximum absolute atomic E-state index is 12.7. The SMILES string of the molecule is CCCCCCCCCOc1ccc2c(c1)N(C)c1nc(=O)n([C@H]3C[C@H](O)[C@@H](CO)O3)cc1O2. The summed E-state index contributed by atoms with van der Waals surface area (Å²) in [6, 6.07) is 5.63. The van der Waals surface area contributed by atoms with Gasteiger partial charge >= 0.3 is 5.69 Å². The summed E-state index contributed by atoms with van der Waals surface area (Å²) in [7, 11) is 1.83. The Bertz CT molecular complexity index is 1030. The molecule has 3 heterocycles. The lowest BCUT2D eigenvalue weighted by molar-refractivity contribution is -0.0460. The third-order valence-corrected chi connectivity index (χ3v) is 6.44. The molecule has 0 saturated carbocycles. The molecule has 9 heteroatoms. The number of fused-ring (bicyclic) bond motifs is 2. The van der Waals surface area contributed by atoms with Crippen LogP contribution >= 0.6 is 0 Å². The van der Waals surface area contributed by atoms with Crippen LogP contribution in [0.25, 0.3) is 0 Å². The molecule has 0 unspecified atom stereocenters. The summed E-state index contributed by atoms with van der Waals surface area (Å²) in [5.74, 6) is 2.19. The lowest BCUT2D eigenvalue weighted by atomic mass is 10.1. The van der Waals surface area contributed by atoms with E-state index in [1.54, 1.807) is 11.1 Å². The van der Waals surface area contributed by atoms with Gasteiger partial charge in [-0.25, -0.2) is 4.79 Å². The smallest absolute Gasteiger partial charge is 0.351 e. The van der Waals surface area contributed by atoms with Crippen molar-refractivity contribution in [1.82, 2.24) is 9.55 Å². The largest absolute Gasteiger partial charge is 0.494 e. The Balaban J connectivity index is 1.40. The second-order valence-corrected chi connectivity index (χ2v) is 8.99.